The molecule has 4 rings (SSSR count). The van der Waals surface area contributed by atoms with Crippen molar-refractivity contribution in [1.82, 2.24) is 24.6 Å². The maximum atomic E-state index is 13.5. The number of halogens is 1. The first-order chi connectivity index (χ1) is 14.1. The van der Waals surface area contributed by atoms with E-state index < -0.39 is 11.4 Å². The minimum atomic E-state index is -0.821. The molecule has 1 aliphatic heterocycles. The number of nitrogens with one attached hydrogen (secondary N) is 1. The highest BCUT2D eigenvalue weighted by molar-refractivity contribution is 5.55. The number of H-pyrrole nitrogens is 1. The molecule has 3 aromatic rings. The van der Waals surface area contributed by atoms with Gasteiger partial charge < -0.3 is 4.98 Å². The summed E-state index contributed by atoms with van der Waals surface area (Å²) in [6.07, 6.45) is 7.49. The van der Waals surface area contributed by atoms with E-state index in [4.69, 9.17) is 0 Å². The number of aromatic amines is 1. The Hall–Kier alpha value is -2.80. The molecule has 2 aromatic heterocycles. The Balaban J connectivity index is 1.30. The summed E-state index contributed by atoms with van der Waals surface area (Å²) in [6.45, 7) is 5.63. The average Bonchev–Trinajstić information content (AvgIpc) is 3.25. The van der Waals surface area contributed by atoms with Gasteiger partial charge in [-0.3, -0.25) is 14.4 Å². The summed E-state index contributed by atoms with van der Waals surface area (Å²) in [5, 5.41) is 4.28. The van der Waals surface area contributed by atoms with Gasteiger partial charge >= 0.3 is 0 Å². The molecule has 0 aliphatic carbocycles. The Bertz CT molecular complexity index is 989. The van der Waals surface area contributed by atoms with E-state index in [-0.39, 0.29) is 5.69 Å². The number of piperidine rings is 1. The van der Waals surface area contributed by atoms with E-state index in [1.165, 1.54) is 31.7 Å². The summed E-state index contributed by atoms with van der Waals surface area (Å²) in [6, 6.07) is 9.94. The van der Waals surface area contributed by atoms with Crippen LogP contribution >= 0.6 is 0 Å². The fourth-order valence-electron chi connectivity index (χ4n) is 3.92. The van der Waals surface area contributed by atoms with Crippen molar-refractivity contribution in [1.29, 1.82) is 0 Å². The van der Waals surface area contributed by atoms with Crippen LogP contribution in [0, 0.1) is 18.7 Å². The molecular weight excluding hydrogens is 369 g/mol. The molecule has 0 bridgehead atoms. The van der Waals surface area contributed by atoms with E-state index in [1.807, 2.05) is 35.3 Å². The maximum absolute atomic E-state index is 13.5. The molecule has 0 spiro atoms. The number of likely N-dealkylation sites (tertiary alicyclic amines) is 1. The van der Waals surface area contributed by atoms with Gasteiger partial charge in [0.2, 0.25) is 5.82 Å². The minimum absolute atomic E-state index is 0.114. The van der Waals surface area contributed by atoms with E-state index >= 15 is 0 Å². The number of benzene rings is 1. The van der Waals surface area contributed by atoms with E-state index in [1.54, 1.807) is 0 Å². The second kappa shape index (κ2) is 8.69. The number of nitrogens with zero attached hydrogens (tertiary/aromatic N) is 4. The summed E-state index contributed by atoms with van der Waals surface area (Å²) in [4.78, 5) is 20.8. The van der Waals surface area contributed by atoms with Crippen LogP contribution in [0.4, 0.5) is 4.39 Å². The molecule has 152 valence electrons. The lowest BCUT2D eigenvalue weighted by Gasteiger charge is -2.32. The van der Waals surface area contributed by atoms with Crippen LogP contribution < -0.4 is 5.56 Å². The molecular formula is C22H26FN5O. The van der Waals surface area contributed by atoms with E-state index in [0.717, 1.165) is 37.7 Å². The van der Waals surface area contributed by atoms with Gasteiger partial charge in [-0.25, -0.2) is 4.98 Å². The monoisotopic (exact) mass is 395 g/mol. The molecule has 0 radical (unpaired) electrons. The predicted molar refractivity (Wildman–Crippen MR) is 110 cm³/mol. The lowest BCUT2D eigenvalue weighted by atomic mass is 9.93. The van der Waals surface area contributed by atoms with Crippen LogP contribution in [0.15, 0.2) is 47.5 Å². The highest BCUT2D eigenvalue weighted by Gasteiger charge is 2.19. The molecule has 29 heavy (non-hydrogen) atoms. The van der Waals surface area contributed by atoms with Crippen LogP contribution in [0.3, 0.4) is 0 Å². The average molecular weight is 395 g/mol. The second-order valence-electron chi connectivity index (χ2n) is 7.79. The SMILES string of the molecule is Cc1nc(-c2ccc(CN3CCC(CCn4cccn4)CC3)cc2)[nH]c(=O)c1F. The molecule has 3 heterocycles. The van der Waals surface area contributed by atoms with Crippen LogP contribution in [-0.2, 0) is 13.1 Å². The van der Waals surface area contributed by atoms with Crippen molar-refractivity contribution in [2.45, 2.75) is 39.3 Å². The Morgan fingerprint density at radius 3 is 2.62 bits per heavy atom. The van der Waals surface area contributed by atoms with E-state index in [0.29, 0.717) is 5.82 Å². The molecule has 1 N–H and O–H groups in total. The van der Waals surface area contributed by atoms with Gasteiger partial charge in [-0.15, -0.1) is 0 Å². The molecule has 1 saturated heterocycles. The summed E-state index contributed by atoms with van der Waals surface area (Å²) >= 11 is 0. The van der Waals surface area contributed by atoms with Crippen molar-refractivity contribution >= 4 is 0 Å². The molecule has 0 atom stereocenters. The first-order valence-electron chi connectivity index (χ1n) is 10.1. The number of aryl methyl sites for hydroxylation is 2. The zero-order chi connectivity index (χ0) is 20.2. The van der Waals surface area contributed by atoms with Crippen molar-refractivity contribution in [3.05, 3.63) is 70.2 Å². The lowest BCUT2D eigenvalue weighted by molar-refractivity contribution is 0.168. The van der Waals surface area contributed by atoms with Crippen LogP contribution in [0.25, 0.3) is 11.4 Å². The third-order valence-electron chi connectivity index (χ3n) is 5.69. The molecule has 1 fully saturated rings. The molecule has 1 aliphatic rings. The molecule has 0 amide bonds. The van der Waals surface area contributed by atoms with E-state index in [9.17, 15) is 9.18 Å². The van der Waals surface area contributed by atoms with Gasteiger partial charge in [0.25, 0.3) is 5.56 Å². The summed E-state index contributed by atoms with van der Waals surface area (Å²) in [5.41, 5.74) is 1.39. The number of aromatic nitrogens is 4. The topological polar surface area (TPSA) is 66.8 Å². The molecule has 7 heteroatoms. The lowest BCUT2D eigenvalue weighted by Crippen LogP contribution is -2.33. The van der Waals surface area contributed by atoms with Gasteiger partial charge in [0, 0.05) is 31.0 Å². The third-order valence-corrected chi connectivity index (χ3v) is 5.69. The van der Waals surface area contributed by atoms with Crippen molar-refractivity contribution in [2.75, 3.05) is 13.1 Å². The van der Waals surface area contributed by atoms with Gasteiger partial charge in [-0.1, -0.05) is 24.3 Å². The van der Waals surface area contributed by atoms with Gasteiger partial charge in [0.05, 0.1) is 5.69 Å². The highest BCUT2D eigenvalue weighted by Crippen LogP contribution is 2.23. The zero-order valence-corrected chi connectivity index (χ0v) is 16.6. The van der Waals surface area contributed by atoms with E-state index in [2.05, 4.69) is 32.1 Å². The number of hydrogen-bond acceptors (Lipinski definition) is 4. The summed E-state index contributed by atoms with van der Waals surface area (Å²) < 4.78 is 15.5. The zero-order valence-electron chi connectivity index (χ0n) is 16.6. The summed E-state index contributed by atoms with van der Waals surface area (Å²) in [7, 11) is 0. The molecule has 0 unspecified atom stereocenters. The van der Waals surface area contributed by atoms with Crippen LogP contribution in [-0.4, -0.2) is 37.7 Å². The van der Waals surface area contributed by atoms with Crippen LogP contribution in [0.5, 0.6) is 0 Å². The quantitative estimate of drug-likeness (QED) is 0.695. The smallest absolute Gasteiger partial charge is 0.287 e. The van der Waals surface area contributed by atoms with Crippen LogP contribution in [0.2, 0.25) is 0 Å². The van der Waals surface area contributed by atoms with Crippen molar-refractivity contribution < 1.29 is 4.39 Å². The minimum Gasteiger partial charge on any atom is -0.304 e. The highest BCUT2D eigenvalue weighted by atomic mass is 19.1. The number of hydrogen-bond donors (Lipinski definition) is 1. The van der Waals surface area contributed by atoms with Gasteiger partial charge in [-0.05, 0) is 56.8 Å². The third kappa shape index (κ3) is 4.79. The van der Waals surface area contributed by atoms with Gasteiger partial charge in [0.1, 0.15) is 5.82 Å². The molecule has 0 saturated carbocycles. The first-order valence-corrected chi connectivity index (χ1v) is 10.1. The largest absolute Gasteiger partial charge is 0.304 e. The Morgan fingerprint density at radius 1 is 1.21 bits per heavy atom. The van der Waals surface area contributed by atoms with Gasteiger partial charge in [0.15, 0.2) is 0 Å². The normalized spacial score (nSPS) is 15.7. The predicted octanol–water partition coefficient (Wildman–Crippen LogP) is 3.38. The summed E-state index contributed by atoms with van der Waals surface area (Å²) in [5.74, 6) is 0.347. The van der Waals surface area contributed by atoms with Gasteiger partial charge in [-0.2, -0.15) is 9.49 Å². The fraction of sp³-hybridized carbons (Fsp3) is 0.409. The maximum Gasteiger partial charge on any atom is 0.287 e. The fourth-order valence-corrected chi connectivity index (χ4v) is 3.92. The van der Waals surface area contributed by atoms with Crippen LogP contribution in [0.1, 0.15) is 30.5 Å². The Kier molecular flexibility index (Phi) is 5.85. The van der Waals surface area contributed by atoms with Crippen molar-refractivity contribution in [3.63, 3.8) is 0 Å². The first kappa shape index (κ1) is 19.5. The Labute approximate surface area is 169 Å². The molecule has 6 nitrogen and oxygen atoms in total. The molecule has 1 aromatic carbocycles. The second-order valence-corrected chi connectivity index (χ2v) is 7.79. The van der Waals surface area contributed by atoms with Crippen molar-refractivity contribution in [3.8, 4) is 11.4 Å². The number of rotatable bonds is 6. The van der Waals surface area contributed by atoms with Crippen molar-refractivity contribution in [2.24, 2.45) is 5.92 Å². The Morgan fingerprint density at radius 2 is 1.97 bits per heavy atom. The standard InChI is InChI=1S/C22H26FN5O/c1-16-20(23)22(29)26-21(25-16)19-5-3-18(4-6-19)15-27-12-7-17(8-13-27)9-14-28-11-2-10-24-28/h2-6,10-11,17H,7-9,12-15H2,1H3,(H,25,26,29).